The number of carbonyl (C=O) groups excluding carboxylic acids is 1. The van der Waals surface area contributed by atoms with Gasteiger partial charge in [0.25, 0.3) is 5.91 Å². The number of aromatic nitrogens is 2. The lowest BCUT2D eigenvalue weighted by Crippen LogP contribution is -2.54. The Bertz CT molecular complexity index is 1420. The summed E-state index contributed by atoms with van der Waals surface area (Å²) in [6, 6.07) is 5.67. The molecule has 214 valence electrons. The van der Waals surface area contributed by atoms with Crippen LogP contribution in [-0.2, 0) is 9.47 Å². The molecule has 3 aliphatic heterocycles. The van der Waals surface area contributed by atoms with Crippen molar-refractivity contribution in [2.24, 2.45) is 0 Å². The highest BCUT2D eigenvalue weighted by Crippen LogP contribution is 2.37. The van der Waals surface area contributed by atoms with E-state index in [-0.39, 0.29) is 35.0 Å². The Morgan fingerprint density at radius 2 is 1.77 bits per heavy atom. The first-order valence-electron chi connectivity index (χ1n) is 14.0. The molecule has 40 heavy (non-hydrogen) atoms. The largest absolute Gasteiger partial charge is 0.388 e. The number of β-amino-alcohol motifs (C(OH)–C–C–N with tert-alkyl or cyclic N) is 1. The molecule has 2 atom stereocenters. The molecule has 1 N–H and O–H groups in total. The van der Waals surface area contributed by atoms with Crippen molar-refractivity contribution in [3.63, 3.8) is 0 Å². The number of hydrogen-bond donors (Lipinski definition) is 1. The van der Waals surface area contributed by atoms with Gasteiger partial charge in [0.05, 0.1) is 36.5 Å². The highest BCUT2D eigenvalue weighted by Gasteiger charge is 2.38. The van der Waals surface area contributed by atoms with Crippen molar-refractivity contribution < 1.29 is 28.2 Å². The molecule has 0 unspecified atom stereocenters. The van der Waals surface area contributed by atoms with Crippen molar-refractivity contribution in [1.29, 1.82) is 0 Å². The number of ether oxygens (including phenoxy) is 2. The van der Waals surface area contributed by atoms with Crippen molar-refractivity contribution in [3.8, 4) is 11.1 Å². The maximum atomic E-state index is 15.3. The number of hydrogen-bond acceptors (Lipinski definition) is 6. The second-order valence-electron chi connectivity index (χ2n) is 11.7. The Morgan fingerprint density at radius 1 is 1.07 bits per heavy atom. The van der Waals surface area contributed by atoms with E-state index in [0.29, 0.717) is 62.8 Å². The fourth-order valence-electron chi connectivity index (χ4n) is 6.47. The smallest absolute Gasteiger partial charge is 0.255 e. The van der Waals surface area contributed by atoms with Crippen LogP contribution in [0.2, 0.25) is 0 Å². The van der Waals surface area contributed by atoms with E-state index >= 15 is 4.39 Å². The van der Waals surface area contributed by atoms with Gasteiger partial charge in [-0.15, -0.1) is 0 Å². The summed E-state index contributed by atoms with van der Waals surface area (Å²) in [6.07, 6.45) is 3.16. The molecule has 0 aliphatic carbocycles. The Labute approximate surface area is 232 Å². The number of fused-ring (bicyclic) bond motifs is 1. The number of carbonyl (C=O) groups is 1. The van der Waals surface area contributed by atoms with Gasteiger partial charge < -0.3 is 23.9 Å². The molecule has 6 rings (SSSR count). The van der Waals surface area contributed by atoms with Gasteiger partial charge in [-0.25, -0.2) is 9.37 Å². The third-order valence-corrected chi connectivity index (χ3v) is 8.66. The number of amides is 1. The zero-order valence-electron chi connectivity index (χ0n) is 23.2. The summed E-state index contributed by atoms with van der Waals surface area (Å²) in [5.74, 6) is -0.813. The maximum absolute atomic E-state index is 15.3. The SMILES string of the molecule is Cc1nc(F)c2c(-c3ccc(F)cc3C(=O)N3[C@H](C)COC[C@H]3C)cc(C3CN(CC4(O)CCOCC4)C3)cn12. The first-order valence-corrected chi connectivity index (χ1v) is 14.0. The van der Waals surface area contributed by atoms with E-state index in [4.69, 9.17) is 9.47 Å². The van der Waals surface area contributed by atoms with Crippen LogP contribution >= 0.6 is 0 Å². The average Bonchev–Trinajstić information content (AvgIpc) is 3.18. The predicted octanol–water partition coefficient (Wildman–Crippen LogP) is 3.78. The second-order valence-corrected chi connectivity index (χ2v) is 11.7. The summed E-state index contributed by atoms with van der Waals surface area (Å²) in [6.45, 7) is 9.59. The molecular formula is C30H36F2N4O4. The molecule has 10 heteroatoms. The molecule has 8 nitrogen and oxygen atoms in total. The molecular weight excluding hydrogens is 518 g/mol. The van der Waals surface area contributed by atoms with Crippen LogP contribution in [0.1, 0.15) is 54.4 Å². The number of rotatable bonds is 5. The average molecular weight is 555 g/mol. The molecule has 1 aromatic carbocycles. The number of pyridine rings is 1. The summed E-state index contributed by atoms with van der Waals surface area (Å²) >= 11 is 0. The summed E-state index contributed by atoms with van der Waals surface area (Å²) < 4.78 is 42.6. The van der Waals surface area contributed by atoms with Gasteiger partial charge in [-0.1, -0.05) is 6.07 Å². The quantitative estimate of drug-likeness (QED) is 0.517. The van der Waals surface area contributed by atoms with E-state index in [1.54, 1.807) is 22.3 Å². The van der Waals surface area contributed by atoms with Crippen LogP contribution < -0.4 is 0 Å². The zero-order valence-corrected chi connectivity index (χ0v) is 23.2. The molecule has 0 bridgehead atoms. The highest BCUT2D eigenvalue weighted by atomic mass is 19.1. The summed E-state index contributed by atoms with van der Waals surface area (Å²) in [5, 5.41) is 10.9. The minimum absolute atomic E-state index is 0.162. The molecule has 0 spiro atoms. The molecule has 3 aliphatic rings. The van der Waals surface area contributed by atoms with Crippen LogP contribution in [0.15, 0.2) is 30.5 Å². The third kappa shape index (κ3) is 4.91. The second kappa shape index (κ2) is 10.5. The lowest BCUT2D eigenvalue weighted by Gasteiger charge is -2.45. The predicted molar refractivity (Wildman–Crippen MR) is 145 cm³/mol. The number of aryl methyl sites for hydroxylation is 1. The van der Waals surface area contributed by atoms with Crippen molar-refractivity contribution >= 4 is 11.4 Å². The molecule has 3 fully saturated rings. The Kier molecular flexibility index (Phi) is 7.14. The number of aliphatic hydroxyl groups is 1. The molecule has 2 aromatic heterocycles. The van der Waals surface area contributed by atoms with Gasteiger partial charge in [0.2, 0.25) is 5.95 Å². The van der Waals surface area contributed by atoms with Gasteiger partial charge in [0.1, 0.15) is 17.2 Å². The minimum atomic E-state index is -0.737. The minimum Gasteiger partial charge on any atom is -0.388 e. The monoisotopic (exact) mass is 554 g/mol. The Morgan fingerprint density at radius 3 is 2.48 bits per heavy atom. The van der Waals surface area contributed by atoms with E-state index in [9.17, 15) is 14.3 Å². The first-order chi connectivity index (χ1) is 19.1. The lowest BCUT2D eigenvalue weighted by molar-refractivity contribution is -0.0896. The molecule has 1 amide bonds. The van der Waals surface area contributed by atoms with Crippen LogP contribution in [-0.4, -0.2) is 93.9 Å². The Hall–Kier alpha value is -2.92. The van der Waals surface area contributed by atoms with Gasteiger partial charge in [-0.3, -0.25) is 9.69 Å². The molecule has 5 heterocycles. The van der Waals surface area contributed by atoms with Gasteiger partial charge in [-0.05, 0) is 50.1 Å². The fraction of sp³-hybridized carbons (Fsp3) is 0.533. The number of nitrogens with zero attached hydrogens (tertiary/aromatic N) is 4. The lowest BCUT2D eigenvalue weighted by atomic mass is 9.86. The van der Waals surface area contributed by atoms with Gasteiger partial charge in [-0.2, -0.15) is 4.39 Å². The zero-order chi connectivity index (χ0) is 28.2. The highest BCUT2D eigenvalue weighted by molar-refractivity contribution is 6.03. The van der Waals surface area contributed by atoms with Crippen LogP contribution in [0.3, 0.4) is 0 Å². The first kappa shape index (κ1) is 27.3. The number of morpholine rings is 1. The number of likely N-dealkylation sites (tertiary alicyclic amines) is 1. The van der Waals surface area contributed by atoms with Gasteiger partial charge in [0.15, 0.2) is 0 Å². The topological polar surface area (TPSA) is 79.5 Å². The molecule has 3 saturated heterocycles. The summed E-state index contributed by atoms with van der Waals surface area (Å²) in [5.41, 5.74) is 1.67. The fourth-order valence-corrected chi connectivity index (χ4v) is 6.47. The van der Waals surface area contributed by atoms with Crippen molar-refractivity contribution in [1.82, 2.24) is 19.2 Å². The van der Waals surface area contributed by atoms with Crippen LogP contribution in [0.25, 0.3) is 16.6 Å². The van der Waals surface area contributed by atoms with E-state index in [2.05, 4.69) is 9.88 Å². The standard InChI is InChI=1S/C30H36F2N4O4/c1-18-15-40-16-19(2)36(18)29(37)26-11-23(31)4-5-24(26)25-10-21(14-35-20(3)33-28(32)27(25)35)22-12-34(13-22)17-30(38)6-8-39-9-7-30/h4-5,10-11,14,18-19,22,38H,6-9,12-13,15-17H2,1-3H3/t18-,19-/m1/s1. The summed E-state index contributed by atoms with van der Waals surface area (Å²) in [7, 11) is 0. The van der Waals surface area contributed by atoms with Gasteiger partial charge in [0, 0.05) is 63.4 Å². The van der Waals surface area contributed by atoms with E-state index in [1.165, 1.54) is 12.1 Å². The van der Waals surface area contributed by atoms with E-state index in [1.807, 2.05) is 26.1 Å². The number of benzene rings is 1. The maximum Gasteiger partial charge on any atom is 0.255 e. The van der Waals surface area contributed by atoms with Crippen molar-refractivity contribution in [3.05, 3.63) is 59.2 Å². The summed E-state index contributed by atoms with van der Waals surface area (Å²) in [4.78, 5) is 21.9. The third-order valence-electron chi connectivity index (χ3n) is 8.66. The molecule has 3 aromatic rings. The van der Waals surface area contributed by atoms with Crippen molar-refractivity contribution in [2.45, 2.75) is 57.2 Å². The molecule has 0 radical (unpaired) electrons. The van der Waals surface area contributed by atoms with E-state index < -0.39 is 17.4 Å². The normalized spacial score (nSPS) is 23.9. The Balaban J connectivity index is 1.37. The van der Waals surface area contributed by atoms with Crippen LogP contribution in [0.4, 0.5) is 8.78 Å². The van der Waals surface area contributed by atoms with Crippen LogP contribution in [0.5, 0.6) is 0 Å². The molecule has 0 saturated carbocycles. The number of imidazole rings is 1. The van der Waals surface area contributed by atoms with E-state index in [0.717, 1.165) is 18.7 Å². The van der Waals surface area contributed by atoms with Gasteiger partial charge >= 0.3 is 0 Å². The van der Waals surface area contributed by atoms with Crippen molar-refractivity contribution in [2.75, 3.05) is 46.1 Å². The number of halogens is 2. The van der Waals surface area contributed by atoms with Crippen LogP contribution in [0, 0.1) is 18.7 Å².